The highest BCUT2D eigenvalue weighted by Gasteiger charge is 2.25. The number of halogens is 3. The Hall–Kier alpha value is -2.48. The molecule has 1 unspecified atom stereocenters. The number of rotatable bonds is 8. The molecule has 0 amide bonds. The van der Waals surface area contributed by atoms with Gasteiger partial charge in [-0.3, -0.25) is 9.29 Å². The van der Waals surface area contributed by atoms with Gasteiger partial charge in [-0.25, -0.2) is 5.84 Å². The summed E-state index contributed by atoms with van der Waals surface area (Å²) in [4.78, 5) is 2.79. The van der Waals surface area contributed by atoms with Gasteiger partial charge in [0.15, 0.2) is 0 Å². The Morgan fingerprint density at radius 2 is 1.85 bits per heavy atom. The van der Waals surface area contributed by atoms with Crippen LogP contribution in [0.25, 0.3) is 11.1 Å². The van der Waals surface area contributed by atoms with E-state index in [0.717, 1.165) is 78.9 Å². The first-order chi connectivity index (χ1) is 19.0. The van der Waals surface area contributed by atoms with Crippen LogP contribution < -0.4 is 16.0 Å². The third kappa shape index (κ3) is 6.47. The van der Waals surface area contributed by atoms with Gasteiger partial charge < -0.3 is 10.2 Å². The summed E-state index contributed by atoms with van der Waals surface area (Å²) in [6.45, 7) is 2.29. The van der Waals surface area contributed by atoms with Crippen molar-refractivity contribution in [1.82, 2.24) is 10.3 Å². The number of nitrogens with one attached hydrogen (secondary N) is 1. The van der Waals surface area contributed by atoms with E-state index < -0.39 is 0 Å². The molecule has 8 heteroatoms. The molecule has 4 nitrogen and oxygen atoms in total. The zero-order valence-electron chi connectivity index (χ0n) is 21.7. The second-order valence-corrected chi connectivity index (χ2v) is 11.3. The summed E-state index contributed by atoms with van der Waals surface area (Å²) in [5, 5.41) is 1.26. The lowest BCUT2D eigenvalue weighted by molar-refractivity contribution is 0.198. The van der Waals surface area contributed by atoms with Gasteiger partial charge in [-0.1, -0.05) is 65.8 Å². The third-order valence-electron chi connectivity index (χ3n) is 7.48. The van der Waals surface area contributed by atoms with Crippen LogP contribution >= 0.6 is 35.4 Å². The van der Waals surface area contributed by atoms with Crippen molar-refractivity contribution in [2.75, 3.05) is 26.3 Å². The highest BCUT2D eigenvalue weighted by atomic mass is 35.5. The monoisotopic (exact) mass is 583 g/mol. The molecule has 0 saturated carbocycles. The number of hydrazine groups is 1. The van der Waals surface area contributed by atoms with Crippen LogP contribution in [-0.4, -0.2) is 42.3 Å². The maximum Gasteiger partial charge on any atom is 0.120 e. The van der Waals surface area contributed by atoms with E-state index in [1.54, 1.807) is 6.07 Å². The molecule has 1 aliphatic heterocycles. The lowest BCUT2D eigenvalue weighted by Crippen LogP contribution is -2.29. The van der Waals surface area contributed by atoms with Crippen molar-refractivity contribution >= 4 is 51.6 Å². The van der Waals surface area contributed by atoms with E-state index in [0.29, 0.717) is 21.5 Å². The number of hydrogen-bond acceptors (Lipinski definition) is 4. The van der Waals surface area contributed by atoms with Crippen LogP contribution in [0.5, 0.6) is 5.75 Å². The number of nitrogens with zero attached hydrogens (tertiary/aromatic N) is 1. The number of nitrogens with two attached hydrogens (primary N) is 1. The largest absolute Gasteiger partial charge is 0.489 e. The van der Waals surface area contributed by atoms with Crippen molar-refractivity contribution < 1.29 is 9.13 Å². The summed E-state index contributed by atoms with van der Waals surface area (Å²) >= 11 is 18.4. The highest BCUT2D eigenvalue weighted by Crippen LogP contribution is 2.42. The predicted octanol–water partition coefficient (Wildman–Crippen LogP) is 7.24. The van der Waals surface area contributed by atoms with Gasteiger partial charge in [-0.2, -0.15) is 0 Å². The Morgan fingerprint density at radius 3 is 2.59 bits per heavy atom. The molecule has 0 radical (unpaired) electrons. The number of allylic oxidation sites excluding steroid dienone is 1. The van der Waals surface area contributed by atoms with Gasteiger partial charge in [-0.05, 0) is 95.8 Å². The molecule has 1 aliphatic carbocycles. The average molecular weight is 585 g/mol. The molecule has 204 valence electrons. The molecule has 3 aromatic carbocycles. The van der Waals surface area contributed by atoms with Crippen molar-refractivity contribution in [1.29, 1.82) is 0 Å². The van der Waals surface area contributed by atoms with E-state index in [9.17, 15) is 4.39 Å². The van der Waals surface area contributed by atoms with Crippen LogP contribution in [-0.2, 0) is 6.42 Å². The Balaban J connectivity index is 1.51. The van der Waals surface area contributed by atoms with Gasteiger partial charge in [-0.15, -0.1) is 0 Å². The van der Waals surface area contributed by atoms with E-state index in [2.05, 4.69) is 34.6 Å². The molecule has 5 rings (SSSR count). The van der Waals surface area contributed by atoms with Crippen LogP contribution in [0.1, 0.15) is 53.5 Å². The van der Waals surface area contributed by atoms with Crippen LogP contribution in [0.15, 0.2) is 60.7 Å². The van der Waals surface area contributed by atoms with Gasteiger partial charge in [0.2, 0.25) is 0 Å². The maximum absolute atomic E-state index is 12.6. The molecule has 3 aromatic rings. The lowest BCUT2D eigenvalue weighted by atomic mass is 9.87. The average Bonchev–Trinajstić information content (AvgIpc) is 3.30. The van der Waals surface area contributed by atoms with Crippen molar-refractivity contribution in [3.8, 4) is 5.75 Å². The maximum atomic E-state index is 12.6. The van der Waals surface area contributed by atoms with Gasteiger partial charge in [0.05, 0.1) is 6.67 Å². The number of fused-ring (bicyclic) bond motifs is 1. The van der Waals surface area contributed by atoms with Crippen molar-refractivity contribution in [2.45, 2.75) is 38.2 Å². The molecule has 1 saturated heterocycles. The molecule has 1 atom stereocenters. The van der Waals surface area contributed by atoms with Crippen LogP contribution in [0.3, 0.4) is 0 Å². The van der Waals surface area contributed by atoms with Gasteiger partial charge in [0.25, 0.3) is 0 Å². The number of thiocarbonyl (C=S) groups is 1. The fraction of sp³-hybridized carbons (Fsp3) is 0.323. The Bertz CT molecular complexity index is 1380. The molecule has 1 heterocycles. The molecule has 1 fully saturated rings. The van der Waals surface area contributed by atoms with Crippen LogP contribution in [0.4, 0.5) is 4.39 Å². The lowest BCUT2D eigenvalue weighted by Gasteiger charge is -2.19. The minimum Gasteiger partial charge on any atom is -0.489 e. The third-order valence-corrected chi connectivity index (χ3v) is 8.38. The molecule has 3 N–H and O–H groups in total. The summed E-state index contributed by atoms with van der Waals surface area (Å²) < 4.78 is 18.9. The Morgan fingerprint density at radius 1 is 1.05 bits per heavy atom. The second kappa shape index (κ2) is 12.8. The SMILES string of the molecule is NNC(=S)c1ccc2c(c1)CCCC(c1ccc(Cl)cc1Cl)=C2c1ccc(OC2CCN(CCCF)C2)cc1. The van der Waals surface area contributed by atoms with E-state index in [1.165, 1.54) is 11.1 Å². The molecule has 39 heavy (non-hydrogen) atoms. The highest BCUT2D eigenvalue weighted by molar-refractivity contribution is 7.80. The molecular formula is C31H32Cl2FN3OS. The number of alkyl halides is 1. The van der Waals surface area contributed by atoms with E-state index >= 15 is 0 Å². The molecule has 0 spiro atoms. The molecule has 2 aliphatic rings. The minimum absolute atomic E-state index is 0.120. The van der Waals surface area contributed by atoms with E-state index in [4.69, 9.17) is 46.0 Å². The van der Waals surface area contributed by atoms with Crippen molar-refractivity contribution in [3.05, 3.63) is 98.5 Å². The second-order valence-electron chi connectivity index (χ2n) is 10.1. The number of aryl methyl sites for hydroxylation is 1. The normalized spacial score (nSPS) is 17.6. The van der Waals surface area contributed by atoms with E-state index in [1.807, 2.05) is 30.3 Å². The summed E-state index contributed by atoms with van der Waals surface area (Å²) in [5.41, 5.74) is 10.3. The summed E-state index contributed by atoms with van der Waals surface area (Å²) in [6.07, 6.45) is 4.40. The summed E-state index contributed by atoms with van der Waals surface area (Å²) in [5.74, 6) is 6.44. The fourth-order valence-electron chi connectivity index (χ4n) is 5.62. The Kier molecular flexibility index (Phi) is 9.21. The standard InChI is InChI=1S/C31H32Cl2FN3OS/c32-23-8-12-27(29(33)18-23)28-4-1-3-21-17-22(31(39)36-35)7-11-26(21)30(28)20-5-9-24(10-6-20)38-25-13-16-37(19-25)15-2-14-34/h5-12,17-18,25H,1-4,13-16,19,35H2,(H,36,39). The van der Waals surface area contributed by atoms with Crippen LogP contribution in [0.2, 0.25) is 10.0 Å². The zero-order chi connectivity index (χ0) is 27.4. The number of likely N-dealkylation sites (tertiary alicyclic amines) is 1. The first-order valence-electron chi connectivity index (χ1n) is 13.3. The van der Waals surface area contributed by atoms with Crippen LogP contribution in [0, 0.1) is 0 Å². The van der Waals surface area contributed by atoms with E-state index in [-0.39, 0.29) is 12.8 Å². The first-order valence-corrected chi connectivity index (χ1v) is 14.5. The fourth-order valence-corrected chi connectivity index (χ4v) is 6.27. The smallest absolute Gasteiger partial charge is 0.120 e. The van der Waals surface area contributed by atoms with Gasteiger partial charge >= 0.3 is 0 Å². The van der Waals surface area contributed by atoms with Gasteiger partial charge in [0, 0.05) is 35.2 Å². The quantitative estimate of drug-likeness (QED) is 0.166. The van der Waals surface area contributed by atoms with Crippen molar-refractivity contribution in [3.63, 3.8) is 0 Å². The zero-order valence-corrected chi connectivity index (χ0v) is 24.0. The Labute approximate surface area is 244 Å². The molecule has 0 bridgehead atoms. The van der Waals surface area contributed by atoms with Gasteiger partial charge in [0.1, 0.15) is 16.8 Å². The number of benzene rings is 3. The topological polar surface area (TPSA) is 50.5 Å². The predicted molar refractivity (Wildman–Crippen MR) is 163 cm³/mol. The summed E-state index contributed by atoms with van der Waals surface area (Å²) in [6, 6.07) is 20.3. The molecular weight excluding hydrogens is 552 g/mol. The molecule has 0 aromatic heterocycles. The number of ether oxygens (including phenoxy) is 1. The first kappa shape index (κ1) is 28.1. The minimum atomic E-state index is -0.274. The number of hydrogen-bond donors (Lipinski definition) is 2. The van der Waals surface area contributed by atoms with Crippen molar-refractivity contribution in [2.24, 2.45) is 5.84 Å². The summed E-state index contributed by atoms with van der Waals surface area (Å²) in [7, 11) is 0.